The average Bonchev–Trinajstić information content (AvgIpc) is 2.73. The van der Waals surface area contributed by atoms with Gasteiger partial charge in [-0.05, 0) is 24.6 Å². The van der Waals surface area contributed by atoms with Gasteiger partial charge < -0.3 is 9.88 Å². The summed E-state index contributed by atoms with van der Waals surface area (Å²) in [6, 6.07) is 5.77. The zero-order valence-corrected chi connectivity index (χ0v) is 10.4. The molecule has 0 unspecified atom stereocenters. The predicted octanol–water partition coefficient (Wildman–Crippen LogP) is 3.77. The summed E-state index contributed by atoms with van der Waals surface area (Å²) in [6.45, 7) is 6.42. The van der Waals surface area contributed by atoms with Crippen molar-refractivity contribution in [3.05, 3.63) is 53.8 Å². The maximum Gasteiger partial charge on any atom is 0.207 e. The Labute approximate surface area is 106 Å². The molecule has 1 aromatic heterocycles. The monoisotopic (exact) mass is 247 g/mol. The van der Waals surface area contributed by atoms with Crippen LogP contribution in [0.2, 0.25) is 5.02 Å². The first-order chi connectivity index (χ1) is 8.22. The predicted molar refractivity (Wildman–Crippen MR) is 71.9 cm³/mol. The van der Waals surface area contributed by atoms with Gasteiger partial charge in [-0.3, -0.25) is 0 Å². The molecule has 0 amide bonds. The van der Waals surface area contributed by atoms with Gasteiger partial charge >= 0.3 is 0 Å². The lowest BCUT2D eigenvalue weighted by Crippen LogP contribution is -2.03. The van der Waals surface area contributed by atoms with Gasteiger partial charge in [0.05, 0.1) is 0 Å². The van der Waals surface area contributed by atoms with Gasteiger partial charge in [-0.2, -0.15) is 0 Å². The first-order valence-corrected chi connectivity index (χ1v) is 5.74. The van der Waals surface area contributed by atoms with E-state index in [2.05, 4.69) is 16.9 Å². The van der Waals surface area contributed by atoms with Crippen LogP contribution < -0.4 is 5.32 Å². The van der Waals surface area contributed by atoms with Gasteiger partial charge in [0.25, 0.3) is 0 Å². The van der Waals surface area contributed by atoms with E-state index in [0.29, 0.717) is 0 Å². The normalized spacial score (nSPS) is 10.2. The second kappa shape index (κ2) is 5.06. The highest BCUT2D eigenvalue weighted by atomic mass is 35.5. The Hall–Kier alpha value is -1.74. The van der Waals surface area contributed by atoms with Crippen LogP contribution in [0.1, 0.15) is 5.56 Å². The number of halogens is 1. The number of hydrogen-bond acceptors (Lipinski definition) is 2. The molecule has 0 saturated heterocycles. The van der Waals surface area contributed by atoms with E-state index < -0.39 is 0 Å². The smallest absolute Gasteiger partial charge is 0.207 e. The summed E-state index contributed by atoms with van der Waals surface area (Å²) in [7, 11) is 0. The van der Waals surface area contributed by atoms with Crippen LogP contribution in [0.5, 0.6) is 0 Å². The number of hydrogen-bond donors (Lipinski definition) is 1. The van der Waals surface area contributed by atoms with Crippen LogP contribution in [0.3, 0.4) is 0 Å². The minimum atomic E-state index is 0.724. The Balaban J connectivity index is 2.28. The third-order valence-electron chi connectivity index (χ3n) is 2.56. The summed E-state index contributed by atoms with van der Waals surface area (Å²) in [6.07, 6.45) is 5.49. The molecule has 0 aliphatic heterocycles. The summed E-state index contributed by atoms with van der Waals surface area (Å²) in [5, 5.41) is 4.01. The molecule has 17 heavy (non-hydrogen) atoms. The Morgan fingerprint density at radius 3 is 3.12 bits per heavy atom. The zero-order chi connectivity index (χ0) is 12.3. The quantitative estimate of drug-likeness (QED) is 0.834. The van der Waals surface area contributed by atoms with E-state index in [-0.39, 0.29) is 0 Å². The molecular formula is C13H14ClN3. The van der Waals surface area contributed by atoms with E-state index in [1.165, 1.54) is 0 Å². The van der Waals surface area contributed by atoms with Crippen molar-refractivity contribution in [3.8, 4) is 0 Å². The number of nitrogens with zero attached hydrogens (tertiary/aromatic N) is 2. The largest absolute Gasteiger partial charge is 0.325 e. The van der Waals surface area contributed by atoms with Crippen molar-refractivity contribution in [3.63, 3.8) is 0 Å². The Kier molecular flexibility index (Phi) is 3.49. The highest BCUT2D eigenvalue weighted by Crippen LogP contribution is 2.25. The number of imidazole rings is 1. The summed E-state index contributed by atoms with van der Waals surface area (Å²) in [5.41, 5.74) is 1.98. The van der Waals surface area contributed by atoms with Crippen molar-refractivity contribution in [2.45, 2.75) is 13.5 Å². The fraction of sp³-hybridized carbons (Fsp3) is 0.154. The highest BCUT2D eigenvalue weighted by molar-refractivity contribution is 6.31. The molecule has 1 N–H and O–H groups in total. The molecule has 0 fully saturated rings. The minimum Gasteiger partial charge on any atom is -0.325 e. The van der Waals surface area contributed by atoms with Crippen LogP contribution in [-0.4, -0.2) is 9.55 Å². The van der Waals surface area contributed by atoms with Crippen molar-refractivity contribution in [2.24, 2.45) is 0 Å². The molecule has 0 spiro atoms. The molecule has 88 valence electrons. The third kappa shape index (κ3) is 2.50. The highest BCUT2D eigenvalue weighted by Gasteiger charge is 2.05. The summed E-state index contributed by atoms with van der Waals surface area (Å²) in [4.78, 5) is 4.26. The van der Waals surface area contributed by atoms with E-state index in [0.717, 1.165) is 28.8 Å². The second-order valence-electron chi connectivity index (χ2n) is 3.73. The fourth-order valence-electron chi connectivity index (χ4n) is 1.58. The van der Waals surface area contributed by atoms with Gasteiger partial charge in [0.15, 0.2) is 0 Å². The lowest BCUT2D eigenvalue weighted by atomic mass is 10.2. The molecule has 1 aromatic carbocycles. The van der Waals surface area contributed by atoms with Crippen LogP contribution in [0.4, 0.5) is 11.6 Å². The molecule has 0 aliphatic carbocycles. The van der Waals surface area contributed by atoms with E-state index in [4.69, 9.17) is 11.6 Å². The van der Waals surface area contributed by atoms with Crippen molar-refractivity contribution in [2.75, 3.05) is 5.32 Å². The summed E-state index contributed by atoms with van der Waals surface area (Å²) >= 11 is 6.07. The molecule has 4 heteroatoms. The van der Waals surface area contributed by atoms with Gasteiger partial charge in [-0.1, -0.05) is 23.7 Å². The Morgan fingerprint density at radius 1 is 1.53 bits per heavy atom. The molecule has 0 saturated carbocycles. The van der Waals surface area contributed by atoms with Gasteiger partial charge in [0, 0.05) is 29.6 Å². The van der Waals surface area contributed by atoms with E-state index >= 15 is 0 Å². The topological polar surface area (TPSA) is 29.9 Å². The average molecular weight is 248 g/mol. The SMILES string of the molecule is C=CCn1ccnc1Nc1cccc(Cl)c1C. The first kappa shape index (κ1) is 11.7. The number of aromatic nitrogens is 2. The first-order valence-electron chi connectivity index (χ1n) is 5.36. The van der Waals surface area contributed by atoms with Gasteiger partial charge in [-0.25, -0.2) is 4.98 Å². The Morgan fingerprint density at radius 2 is 2.35 bits per heavy atom. The maximum atomic E-state index is 6.07. The molecular weight excluding hydrogens is 234 g/mol. The van der Waals surface area contributed by atoms with Crippen LogP contribution in [0.25, 0.3) is 0 Å². The summed E-state index contributed by atoms with van der Waals surface area (Å²) < 4.78 is 1.98. The van der Waals surface area contributed by atoms with Gasteiger partial charge in [-0.15, -0.1) is 6.58 Å². The van der Waals surface area contributed by atoms with Gasteiger partial charge in [0.2, 0.25) is 5.95 Å². The lowest BCUT2D eigenvalue weighted by Gasteiger charge is -2.11. The molecule has 0 bridgehead atoms. The lowest BCUT2D eigenvalue weighted by molar-refractivity contribution is 0.833. The molecule has 2 rings (SSSR count). The van der Waals surface area contributed by atoms with Crippen LogP contribution in [0, 0.1) is 6.92 Å². The van der Waals surface area contributed by atoms with Crippen molar-refractivity contribution in [1.29, 1.82) is 0 Å². The fourth-order valence-corrected chi connectivity index (χ4v) is 1.76. The maximum absolute atomic E-state index is 6.07. The number of benzene rings is 1. The van der Waals surface area contributed by atoms with Gasteiger partial charge in [0.1, 0.15) is 0 Å². The molecule has 0 radical (unpaired) electrons. The van der Waals surface area contributed by atoms with Crippen LogP contribution in [-0.2, 0) is 6.54 Å². The number of rotatable bonds is 4. The molecule has 0 aliphatic rings. The second-order valence-corrected chi connectivity index (χ2v) is 4.14. The molecule has 1 heterocycles. The molecule has 0 atom stereocenters. The molecule has 3 nitrogen and oxygen atoms in total. The zero-order valence-electron chi connectivity index (χ0n) is 9.65. The van der Waals surface area contributed by atoms with Crippen LogP contribution >= 0.6 is 11.6 Å². The number of allylic oxidation sites excluding steroid dienone is 1. The number of nitrogens with one attached hydrogen (secondary N) is 1. The van der Waals surface area contributed by atoms with Crippen LogP contribution in [0.15, 0.2) is 43.2 Å². The standard InChI is InChI=1S/C13H14ClN3/c1-3-8-17-9-7-15-13(17)16-12-6-4-5-11(14)10(12)2/h3-7,9H,1,8H2,2H3,(H,15,16). The minimum absolute atomic E-state index is 0.724. The Bertz CT molecular complexity index is 531. The van der Waals surface area contributed by atoms with Crippen molar-refractivity contribution >= 4 is 23.2 Å². The van der Waals surface area contributed by atoms with E-state index in [1.807, 2.05) is 42.0 Å². The summed E-state index contributed by atoms with van der Waals surface area (Å²) in [5.74, 6) is 0.787. The molecule has 2 aromatic rings. The van der Waals surface area contributed by atoms with Crippen molar-refractivity contribution < 1.29 is 0 Å². The van der Waals surface area contributed by atoms with E-state index in [1.54, 1.807) is 6.20 Å². The van der Waals surface area contributed by atoms with E-state index in [9.17, 15) is 0 Å². The number of anilines is 2. The van der Waals surface area contributed by atoms with Crippen molar-refractivity contribution in [1.82, 2.24) is 9.55 Å². The third-order valence-corrected chi connectivity index (χ3v) is 2.96.